The first-order valence-corrected chi connectivity index (χ1v) is 8.28. The number of piperidine rings is 1. The molecule has 0 aromatic heterocycles. The highest BCUT2D eigenvalue weighted by atomic mass is 35.5. The van der Waals surface area contributed by atoms with Crippen LogP contribution in [0.2, 0.25) is 5.02 Å². The Hall–Kier alpha value is -1.95. The maximum atomic E-state index is 12.1. The molecule has 0 spiro atoms. The molecule has 7 heteroatoms. The average molecular weight is 355 g/mol. The minimum Gasteiger partial charge on any atom is -0.490 e. The fourth-order valence-corrected chi connectivity index (χ4v) is 2.68. The van der Waals surface area contributed by atoms with Gasteiger partial charge in [0.05, 0.1) is 16.8 Å². The number of amides is 1. The number of hydrogen-bond donors (Lipinski definition) is 1. The second-order valence-electron chi connectivity index (χ2n) is 6.68. The molecule has 1 amide bonds. The monoisotopic (exact) mass is 354 g/mol. The van der Waals surface area contributed by atoms with Gasteiger partial charge in [-0.3, -0.25) is 0 Å². The van der Waals surface area contributed by atoms with Crippen LogP contribution in [0.1, 0.15) is 39.2 Å². The molecule has 1 aliphatic rings. The Labute approximate surface area is 147 Å². The van der Waals surface area contributed by atoms with Gasteiger partial charge in [-0.15, -0.1) is 0 Å². The second kappa shape index (κ2) is 7.75. The van der Waals surface area contributed by atoms with Crippen molar-refractivity contribution in [1.29, 1.82) is 0 Å². The number of rotatable bonds is 3. The fraction of sp³-hybridized carbons (Fsp3) is 0.529. The van der Waals surface area contributed by atoms with Crippen molar-refractivity contribution in [1.82, 2.24) is 4.90 Å². The summed E-state index contributed by atoms with van der Waals surface area (Å²) in [6.45, 7) is 6.70. The summed E-state index contributed by atoms with van der Waals surface area (Å²) in [4.78, 5) is 13.8. The Morgan fingerprint density at radius 2 is 2.04 bits per heavy atom. The fourth-order valence-electron chi connectivity index (χ4n) is 2.47. The topological polar surface area (TPSA) is 71.4 Å². The first kappa shape index (κ1) is 18.4. The van der Waals surface area contributed by atoms with Gasteiger partial charge >= 0.3 is 6.09 Å². The van der Waals surface area contributed by atoms with Crippen molar-refractivity contribution in [2.45, 2.75) is 45.3 Å². The van der Waals surface area contributed by atoms with E-state index in [-0.39, 0.29) is 12.2 Å². The zero-order valence-electron chi connectivity index (χ0n) is 14.2. The minimum absolute atomic E-state index is 0.0343. The van der Waals surface area contributed by atoms with E-state index in [0.717, 1.165) is 0 Å². The number of oxime groups is 1. The number of carbonyl (C=O) groups is 1. The smallest absolute Gasteiger partial charge is 0.410 e. The highest BCUT2D eigenvalue weighted by Gasteiger charge is 2.28. The lowest BCUT2D eigenvalue weighted by molar-refractivity contribution is 0.0126. The van der Waals surface area contributed by atoms with Crippen LogP contribution in [-0.4, -0.2) is 47.2 Å². The molecule has 6 nitrogen and oxygen atoms in total. The van der Waals surface area contributed by atoms with Gasteiger partial charge in [-0.25, -0.2) is 4.79 Å². The van der Waals surface area contributed by atoms with Gasteiger partial charge in [-0.2, -0.15) is 0 Å². The molecule has 1 fully saturated rings. The van der Waals surface area contributed by atoms with Gasteiger partial charge in [0.2, 0.25) is 0 Å². The number of hydrogen-bond acceptors (Lipinski definition) is 5. The number of nitrogens with zero attached hydrogens (tertiary/aromatic N) is 2. The third kappa shape index (κ3) is 5.03. The molecule has 0 aliphatic carbocycles. The van der Waals surface area contributed by atoms with Crippen LogP contribution in [0, 0.1) is 0 Å². The average Bonchev–Trinajstić information content (AvgIpc) is 2.50. The van der Waals surface area contributed by atoms with Gasteiger partial charge in [-0.05, 0) is 32.9 Å². The van der Waals surface area contributed by atoms with Crippen LogP contribution in [0.3, 0.4) is 0 Å². The highest BCUT2D eigenvalue weighted by Crippen LogP contribution is 2.28. The maximum absolute atomic E-state index is 12.1. The standard InChI is InChI=1S/C17H23ClN2O4/c1-17(2,3)24-16(21)20-9-7-12(8-10-20)23-15-6-4-5-14(18)13(15)11-19-22/h4-6,11-12,22H,7-10H2,1-3H3/b19-11-. The third-order valence-corrected chi connectivity index (χ3v) is 3.92. The number of likely N-dealkylation sites (tertiary alicyclic amines) is 1. The Morgan fingerprint density at radius 1 is 1.38 bits per heavy atom. The zero-order valence-corrected chi connectivity index (χ0v) is 14.9. The minimum atomic E-state index is -0.496. The first-order valence-electron chi connectivity index (χ1n) is 7.90. The molecule has 1 aliphatic heterocycles. The molecule has 0 bridgehead atoms. The van der Waals surface area contributed by atoms with Gasteiger partial charge < -0.3 is 19.6 Å². The Morgan fingerprint density at radius 3 is 2.62 bits per heavy atom. The van der Waals surface area contributed by atoms with Crippen molar-refractivity contribution in [3.8, 4) is 5.75 Å². The third-order valence-electron chi connectivity index (χ3n) is 3.59. The predicted octanol–water partition coefficient (Wildman–Crippen LogP) is 3.93. The molecule has 0 saturated carbocycles. The van der Waals surface area contributed by atoms with Crippen molar-refractivity contribution in [2.24, 2.45) is 5.16 Å². The number of halogens is 1. The number of benzene rings is 1. The SMILES string of the molecule is CC(C)(C)OC(=O)N1CCC(Oc2cccc(Cl)c2/C=N\O)CC1. The van der Waals surface area contributed by atoms with E-state index < -0.39 is 5.60 Å². The van der Waals surface area contributed by atoms with Crippen molar-refractivity contribution < 1.29 is 19.5 Å². The molecule has 0 radical (unpaired) electrons. The summed E-state index contributed by atoms with van der Waals surface area (Å²) < 4.78 is 11.4. The predicted molar refractivity (Wildman–Crippen MR) is 92.3 cm³/mol. The quantitative estimate of drug-likeness (QED) is 0.507. The lowest BCUT2D eigenvalue weighted by atomic mass is 10.1. The Bertz CT molecular complexity index is 605. The van der Waals surface area contributed by atoms with Gasteiger partial charge in [0.1, 0.15) is 17.5 Å². The van der Waals surface area contributed by atoms with Crippen LogP contribution < -0.4 is 4.74 Å². The molecular formula is C17H23ClN2O4. The van der Waals surface area contributed by atoms with Crippen molar-refractivity contribution in [3.05, 3.63) is 28.8 Å². The summed E-state index contributed by atoms with van der Waals surface area (Å²) in [7, 11) is 0. The largest absolute Gasteiger partial charge is 0.490 e. The normalized spacial score (nSPS) is 16.4. The van der Waals surface area contributed by atoms with E-state index in [0.29, 0.717) is 42.3 Å². The summed E-state index contributed by atoms with van der Waals surface area (Å²) in [5.74, 6) is 0.566. The lowest BCUT2D eigenvalue weighted by Crippen LogP contribution is -2.44. The van der Waals surface area contributed by atoms with E-state index >= 15 is 0 Å². The van der Waals surface area contributed by atoms with Crippen molar-refractivity contribution >= 4 is 23.9 Å². The van der Waals surface area contributed by atoms with Crippen LogP contribution in [0.5, 0.6) is 5.75 Å². The molecule has 1 aromatic carbocycles. The van der Waals surface area contributed by atoms with Gasteiger partial charge in [0, 0.05) is 25.9 Å². The number of carbonyl (C=O) groups excluding carboxylic acids is 1. The van der Waals surface area contributed by atoms with Crippen LogP contribution in [0.15, 0.2) is 23.4 Å². The summed E-state index contributed by atoms with van der Waals surface area (Å²) in [5.41, 5.74) is 0.0419. The van der Waals surface area contributed by atoms with Gasteiger partial charge in [0.15, 0.2) is 0 Å². The maximum Gasteiger partial charge on any atom is 0.410 e. The summed E-state index contributed by atoms with van der Waals surface area (Å²) in [5, 5.41) is 12.2. The summed E-state index contributed by atoms with van der Waals surface area (Å²) >= 11 is 6.10. The molecular weight excluding hydrogens is 332 g/mol. The molecule has 0 unspecified atom stereocenters. The van der Waals surface area contributed by atoms with Crippen LogP contribution in [-0.2, 0) is 4.74 Å². The Balaban J connectivity index is 1.94. The van der Waals surface area contributed by atoms with Gasteiger partial charge in [0.25, 0.3) is 0 Å². The van der Waals surface area contributed by atoms with E-state index in [2.05, 4.69) is 5.16 Å². The molecule has 2 rings (SSSR count). The zero-order chi connectivity index (χ0) is 17.7. The van der Waals surface area contributed by atoms with Crippen LogP contribution >= 0.6 is 11.6 Å². The first-order chi connectivity index (χ1) is 11.3. The molecule has 1 N–H and O–H groups in total. The summed E-state index contributed by atoms with van der Waals surface area (Å²) in [6, 6.07) is 5.27. The molecule has 132 valence electrons. The van der Waals surface area contributed by atoms with E-state index in [9.17, 15) is 4.79 Å². The second-order valence-corrected chi connectivity index (χ2v) is 7.09. The molecule has 0 atom stereocenters. The molecule has 1 heterocycles. The van der Waals surface area contributed by atoms with Crippen molar-refractivity contribution in [2.75, 3.05) is 13.1 Å². The van der Waals surface area contributed by atoms with E-state index in [4.69, 9.17) is 26.3 Å². The molecule has 1 saturated heterocycles. The lowest BCUT2D eigenvalue weighted by Gasteiger charge is -2.33. The van der Waals surface area contributed by atoms with E-state index in [1.165, 1.54) is 6.21 Å². The highest BCUT2D eigenvalue weighted by molar-refractivity contribution is 6.33. The van der Waals surface area contributed by atoms with Crippen molar-refractivity contribution in [3.63, 3.8) is 0 Å². The Kier molecular flexibility index (Phi) is 5.94. The van der Waals surface area contributed by atoms with E-state index in [1.54, 1.807) is 23.1 Å². The number of ether oxygens (including phenoxy) is 2. The van der Waals surface area contributed by atoms with Crippen LogP contribution in [0.4, 0.5) is 4.79 Å². The molecule has 24 heavy (non-hydrogen) atoms. The van der Waals surface area contributed by atoms with Gasteiger partial charge in [-0.1, -0.05) is 22.8 Å². The summed E-state index contributed by atoms with van der Waals surface area (Å²) in [6.07, 6.45) is 2.32. The van der Waals surface area contributed by atoms with Crippen LogP contribution in [0.25, 0.3) is 0 Å². The van der Waals surface area contributed by atoms with E-state index in [1.807, 2.05) is 20.8 Å². The molecule has 1 aromatic rings.